The van der Waals surface area contributed by atoms with Gasteiger partial charge in [0.2, 0.25) is 5.91 Å². The van der Waals surface area contributed by atoms with Crippen molar-refractivity contribution in [2.24, 2.45) is 0 Å². The fourth-order valence-corrected chi connectivity index (χ4v) is 3.86. The number of nitrogens with zero attached hydrogens (tertiary/aromatic N) is 1. The standard InChI is InChI=1S/C17H24N2O/c1-4-5-17(20)19-15-7-6-12(2)10-13(15)14-11-18(3)9-8-16(14)19/h6-7,10,14,16H,4-5,8-9,11H2,1-3H3/p+1. The quantitative estimate of drug-likeness (QED) is 0.868. The zero-order valence-corrected chi connectivity index (χ0v) is 12.8. The van der Waals surface area contributed by atoms with Gasteiger partial charge in [-0.25, -0.2) is 0 Å². The van der Waals surface area contributed by atoms with E-state index in [0.717, 1.165) is 19.4 Å². The number of likely N-dealkylation sites (N-methyl/N-ethyl adjacent to an activating group) is 1. The first kappa shape index (κ1) is 13.6. The molecule has 0 spiro atoms. The van der Waals surface area contributed by atoms with Crippen LogP contribution in [0.3, 0.4) is 0 Å². The van der Waals surface area contributed by atoms with E-state index in [-0.39, 0.29) is 0 Å². The number of aryl methyl sites for hydroxylation is 1. The van der Waals surface area contributed by atoms with E-state index < -0.39 is 0 Å². The maximum absolute atomic E-state index is 12.5. The highest BCUT2D eigenvalue weighted by atomic mass is 16.2. The predicted octanol–water partition coefficient (Wildman–Crippen LogP) is 1.51. The average Bonchev–Trinajstić information content (AvgIpc) is 2.72. The first-order valence-corrected chi connectivity index (χ1v) is 7.85. The highest BCUT2D eigenvalue weighted by Crippen LogP contribution is 2.43. The van der Waals surface area contributed by atoms with Gasteiger partial charge in [-0.15, -0.1) is 0 Å². The van der Waals surface area contributed by atoms with Crippen LogP contribution in [0, 0.1) is 6.92 Å². The number of carbonyl (C=O) groups excluding carboxylic acids is 1. The highest BCUT2D eigenvalue weighted by Gasteiger charge is 2.45. The van der Waals surface area contributed by atoms with Crippen molar-refractivity contribution in [2.75, 3.05) is 25.0 Å². The third-order valence-corrected chi connectivity index (χ3v) is 4.81. The molecule has 0 aromatic heterocycles. The first-order valence-electron chi connectivity index (χ1n) is 7.85. The van der Waals surface area contributed by atoms with E-state index in [2.05, 4.69) is 44.0 Å². The summed E-state index contributed by atoms with van der Waals surface area (Å²) in [6, 6.07) is 6.99. The Labute approximate surface area is 121 Å². The van der Waals surface area contributed by atoms with Crippen molar-refractivity contribution in [3.8, 4) is 0 Å². The lowest BCUT2D eigenvalue weighted by atomic mass is 9.89. The Morgan fingerprint density at radius 3 is 3.00 bits per heavy atom. The number of hydrogen-bond donors (Lipinski definition) is 1. The molecule has 108 valence electrons. The minimum Gasteiger partial charge on any atom is -0.337 e. The van der Waals surface area contributed by atoms with Crippen molar-refractivity contribution in [1.29, 1.82) is 0 Å². The van der Waals surface area contributed by atoms with Crippen LogP contribution < -0.4 is 9.80 Å². The van der Waals surface area contributed by atoms with Gasteiger partial charge in [0.15, 0.2) is 0 Å². The SMILES string of the molecule is CCCC(=O)N1c2ccc(C)cc2C2C[NH+](C)CCC21. The lowest BCUT2D eigenvalue weighted by molar-refractivity contribution is -0.886. The summed E-state index contributed by atoms with van der Waals surface area (Å²) in [4.78, 5) is 16.3. The lowest BCUT2D eigenvalue weighted by Gasteiger charge is -2.34. The number of likely N-dealkylation sites (tertiary alicyclic amines) is 1. The van der Waals surface area contributed by atoms with Gasteiger partial charge in [0, 0.05) is 18.5 Å². The molecule has 1 aromatic rings. The molecule has 2 heterocycles. The summed E-state index contributed by atoms with van der Waals surface area (Å²) in [6.45, 7) is 6.55. The van der Waals surface area contributed by atoms with E-state index in [1.165, 1.54) is 23.4 Å². The van der Waals surface area contributed by atoms with Crippen molar-refractivity contribution >= 4 is 11.6 Å². The molecule has 0 bridgehead atoms. The number of nitrogens with one attached hydrogen (secondary N) is 1. The molecule has 1 amide bonds. The van der Waals surface area contributed by atoms with Crippen molar-refractivity contribution in [2.45, 2.75) is 45.1 Å². The number of quaternary nitrogens is 1. The number of fused-ring (bicyclic) bond motifs is 3. The summed E-state index contributed by atoms with van der Waals surface area (Å²) >= 11 is 0. The molecular formula is C17H25N2O+. The Hall–Kier alpha value is -1.35. The van der Waals surface area contributed by atoms with Crippen LogP contribution in [-0.2, 0) is 4.79 Å². The molecule has 2 aliphatic heterocycles. The van der Waals surface area contributed by atoms with E-state index in [4.69, 9.17) is 0 Å². The fourth-order valence-electron chi connectivity index (χ4n) is 3.86. The van der Waals surface area contributed by atoms with Gasteiger partial charge in [0.05, 0.1) is 32.1 Å². The van der Waals surface area contributed by atoms with E-state index >= 15 is 0 Å². The number of benzene rings is 1. The molecule has 3 heteroatoms. The Morgan fingerprint density at radius 2 is 2.25 bits per heavy atom. The van der Waals surface area contributed by atoms with Crippen molar-refractivity contribution in [3.63, 3.8) is 0 Å². The second-order valence-electron chi connectivity index (χ2n) is 6.45. The van der Waals surface area contributed by atoms with E-state index in [1.54, 1.807) is 4.90 Å². The molecule has 0 saturated carbocycles. The Balaban J connectivity index is 2.01. The summed E-state index contributed by atoms with van der Waals surface area (Å²) < 4.78 is 0. The molecule has 0 aliphatic carbocycles. The zero-order chi connectivity index (χ0) is 14.3. The van der Waals surface area contributed by atoms with Crippen molar-refractivity contribution in [1.82, 2.24) is 0 Å². The van der Waals surface area contributed by atoms with Crippen LogP contribution in [0.2, 0.25) is 0 Å². The number of rotatable bonds is 2. The monoisotopic (exact) mass is 273 g/mol. The minimum absolute atomic E-state index is 0.310. The fraction of sp³-hybridized carbons (Fsp3) is 0.588. The van der Waals surface area contributed by atoms with Gasteiger partial charge in [-0.2, -0.15) is 0 Å². The van der Waals surface area contributed by atoms with Gasteiger partial charge in [0.1, 0.15) is 0 Å². The van der Waals surface area contributed by atoms with E-state index in [0.29, 0.717) is 24.3 Å². The molecule has 1 saturated heterocycles. The van der Waals surface area contributed by atoms with Gasteiger partial charge < -0.3 is 9.80 Å². The Kier molecular flexibility index (Phi) is 3.55. The summed E-state index contributed by atoms with van der Waals surface area (Å²) in [5.41, 5.74) is 3.88. The molecular weight excluding hydrogens is 248 g/mol. The maximum Gasteiger partial charge on any atom is 0.227 e. The van der Waals surface area contributed by atoms with Crippen LogP contribution in [0.1, 0.15) is 43.2 Å². The van der Waals surface area contributed by atoms with Crippen LogP contribution in [0.15, 0.2) is 18.2 Å². The molecule has 3 atom stereocenters. The number of amides is 1. The lowest BCUT2D eigenvalue weighted by Crippen LogP contribution is -3.11. The Bertz CT molecular complexity index is 526. The first-order chi connectivity index (χ1) is 9.61. The van der Waals surface area contributed by atoms with E-state index in [9.17, 15) is 4.79 Å². The molecule has 1 fully saturated rings. The highest BCUT2D eigenvalue weighted by molar-refractivity contribution is 5.96. The summed E-state index contributed by atoms with van der Waals surface area (Å²) in [6.07, 6.45) is 2.72. The van der Waals surface area contributed by atoms with Crippen LogP contribution in [-0.4, -0.2) is 32.1 Å². The van der Waals surface area contributed by atoms with Crippen LogP contribution in [0.4, 0.5) is 5.69 Å². The molecule has 1 aromatic carbocycles. The van der Waals surface area contributed by atoms with Crippen LogP contribution in [0.25, 0.3) is 0 Å². The number of piperidine rings is 1. The van der Waals surface area contributed by atoms with Crippen molar-refractivity contribution < 1.29 is 9.69 Å². The minimum atomic E-state index is 0.310. The maximum atomic E-state index is 12.5. The zero-order valence-electron chi connectivity index (χ0n) is 12.8. The predicted molar refractivity (Wildman–Crippen MR) is 81.3 cm³/mol. The second kappa shape index (κ2) is 5.21. The molecule has 3 unspecified atom stereocenters. The van der Waals surface area contributed by atoms with Gasteiger partial charge in [-0.05, 0) is 25.0 Å². The summed E-state index contributed by atoms with van der Waals surface area (Å²) in [5, 5.41) is 0. The Morgan fingerprint density at radius 1 is 1.45 bits per heavy atom. The normalized spacial score (nSPS) is 28.1. The summed E-state index contributed by atoms with van der Waals surface area (Å²) in [7, 11) is 2.27. The molecule has 3 nitrogen and oxygen atoms in total. The molecule has 20 heavy (non-hydrogen) atoms. The van der Waals surface area contributed by atoms with Gasteiger partial charge in [0.25, 0.3) is 0 Å². The number of hydrogen-bond acceptors (Lipinski definition) is 1. The molecule has 0 radical (unpaired) electrons. The van der Waals surface area contributed by atoms with Crippen molar-refractivity contribution in [3.05, 3.63) is 29.3 Å². The molecule has 1 N–H and O–H groups in total. The smallest absolute Gasteiger partial charge is 0.227 e. The average molecular weight is 273 g/mol. The second-order valence-corrected chi connectivity index (χ2v) is 6.45. The van der Waals surface area contributed by atoms with Gasteiger partial charge in [-0.1, -0.05) is 24.6 Å². The van der Waals surface area contributed by atoms with Gasteiger partial charge >= 0.3 is 0 Å². The number of carbonyl (C=O) groups is 1. The third kappa shape index (κ3) is 2.14. The van der Waals surface area contributed by atoms with Crippen LogP contribution >= 0.6 is 0 Å². The van der Waals surface area contributed by atoms with E-state index in [1.807, 2.05) is 0 Å². The molecule has 3 rings (SSSR count). The number of anilines is 1. The topological polar surface area (TPSA) is 24.8 Å². The third-order valence-electron chi connectivity index (χ3n) is 4.81. The summed E-state index contributed by atoms with van der Waals surface area (Å²) in [5.74, 6) is 0.837. The van der Waals surface area contributed by atoms with Crippen LogP contribution in [0.5, 0.6) is 0 Å². The van der Waals surface area contributed by atoms with Gasteiger partial charge in [-0.3, -0.25) is 4.79 Å². The largest absolute Gasteiger partial charge is 0.337 e. The molecule has 2 aliphatic rings.